The maximum atomic E-state index is 12.0. The van der Waals surface area contributed by atoms with Crippen molar-refractivity contribution >= 4 is 6.03 Å². The van der Waals surface area contributed by atoms with E-state index in [1.54, 1.807) is 36.2 Å². The molecule has 2 atom stereocenters. The van der Waals surface area contributed by atoms with Crippen LogP contribution in [0.15, 0.2) is 36.7 Å². The van der Waals surface area contributed by atoms with Crippen molar-refractivity contribution in [2.24, 2.45) is 0 Å². The Balaban J connectivity index is 1.86. The fraction of sp³-hybridized carbons (Fsp3) is 0.412. The molecule has 0 fully saturated rings. The van der Waals surface area contributed by atoms with Crippen LogP contribution < -0.4 is 20.1 Å². The van der Waals surface area contributed by atoms with Crippen molar-refractivity contribution in [2.45, 2.75) is 25.6 Å². The molecule has 1 aromatic carbocycles. The van der Waals surface area contributed by atoms with E-state index >= 15 is 0 Å². The van der Waals surface area contributed by atoms with Gasteiger partial charge in [-0.2, -0.15) is 5.10 Å². The lowest BCUT2D eigenvalue weighted by Gasteiger charge is -2.18. The number of carbonyl (C=O) groups excluding carboxylic acids is 1. The largest absolute Gasteiger partial charge is 0.497 e. The monoisotopic (exact) mass is 348 g/mol. The third-order valence-electron chi connectivity index (χ3n) is 3.65. The molecule has 3 N–H and O–H groups in total. The fourth-order valence-corrected chi connectivity index (χ4v) is 2.41. The lowest BCUT2D eigenvalue weighted by atomic mass is 10.1. The highest BCUT2D eigenvalue weighted by atomic mass is 16.5. The molecule has 2 rings (SSSR count). The predicted octanol–water partition coefficient (Wildman–Crippen LogP) is 1.32. The lowest BCUT2D eigenvalue weighted by molar-refractivity contribution is 0.168. The number of nitrogens with one attached hydrogen (secondary N) is 2. The van der Waals surface area contributed by atoms with Crippen LogP contribution in [0.1, 0.15) is 18.6 Å². The number of aliphatic hydroxyl groups excluding tert-OH is 1. The van der Waals surface area contributed by atoms with E-state index in [-0.39, 0.29) is 18.6 Å². The summed E-state index contributed by atoms with van der Waals surface area (Å²) in [5.41, 5.74) is 0.548. The minimum atomic E-state index is -0.919. The second kappa shape index (κ2) is 8.93. The van der Waals surface area contributed by atoms with Gasteiger partial charge in [0.05, 0.1) is 20.8 Å². The number of hydrogen-bond acceptors (Lipinski definition) is 5. The zero-order chi connectivity index (χ0) is 18.2. The Labute approximate surface area is 146 Å². The summed E-state index contributed by atoms with van der Waals surface area (Å²) >= 11 is 0. The van der Waals surface area contributed by atoms with Crippen molar-refractivity contribution < 1.29 is 19.4 Å². The van der Waals surface area contributed by atoms with E-state index in [0.717, 1.165) is 0 Å². The molecule has 0 radical (unpaired) electrons. The van der Waals surface area contributed by atoms with E-state index in [1.165, 1.54) is 7.11 Å². The van der Waals surface area contributed by atoms with Crippen molar-refractivity contribution in [1.82, 2.24) is 20.4 Å². The quantitative estimate of drug-likeness (QED) is 0.668. The van der Waals surface area contributed by atoms with Gasteiger partial charge in [-0.05, 0) is 31.2 Å². The minimum absolute atomic E-state index is 0.0455. The zero-order valence-electron chi connectivity index (χ0n) is 14.6. The van der Waals surface area contributed by atoms with E-state index in [9.17, 15) is 9.90 Å². The number of rotatable bonds is 8. The van der Waals surface area contributed by atoms with Gasteiger partial charge >= 0.3 is 6.03 Å². The lowest BCUT2D eigenvalue weighted by Crippen LogP contribution is -2.43. The number of methoxy groups -OCH3 is 2. The summed E-state index contributed by atoms with van der Waals surface area (Å²) in [7, 11) is 3.07. The van der Waals surface area contributed by atoms with Gasteiger partial charge in [0.2, 0.25) is 0 Å². The Kier molecular flexibility index (Phi) is 6.64. The molecule has 0 unspecified atom stereocenters. The third-order valence-corrected chi connectivity index (χ3v) is 3.65. The molecule has 0 saturated carbocycles. The average Bonchev–Trinajstić information content (AvgIpc) is 3.11. The number of aliphatic hydroxyl groups is 1. The van der Waals surface area contributed by atoms with Crippen molar-refractivity contribution in [2.75, 3.05) is 20.8 Å². The Hall–Kier alpha value is -2.74. The normalized spacial score (nSPS) is 13.0. The summed E-state index contributed by atoms with van der Waals surface area (Å²) in [5, 5.41) is 19.9. The zero-order valence-corrected chi connectivity index (χ0v) is 14.6. The van der Waals surface area contributed by atoms with Gasteiger partial charge in [0, 0.05) is 30.5 Å². The van der Waals surface area contributed by atoms with Crippen molar-refractivity contribution in [3.8, 4) is 11.5 Å². The number of carbonyl (C=O) groups is 1. The molecule has 2 amide bonds. The summed E-state index contributed by atoms with van der Waals surface area (Å²) in [6, 6.07) is 6.49. The average molecular weight is 348 g/mol. The Bertz CT molecular complexity index is 675. The van der Waals surface area contributed by atoms with Crippen LogP contribution in [0, 0.1) is 0 Å². The van der Waals surface area contributed by atoms with Gasteiger partial charge in [-0.3, -0.25) is 4.68 Å². The van der Waals surface area contributed by atoms with E-state index in [2.05, 4.69) is 15.7 Å². The molecule has 0 bridgehead atoms. The fourth-order valence-electron chi connectivity index (χ4n) is 2.41. The number of amides is 2. The van der Waals surface area contributed by atoms with Gasteiger partial charge in [-0.15, -0.1) is 0 Å². The van der Waals surface area contributed by atoms with E-state index in [4.69, 9.17) is 9.47 Å². The second-order valence-electron chi connectivity index (χ2n) is 5.61. The molecule has 0 aliphatic heterocycles. The molecule has 2 aromatic rings. The highest BCUT2D eigenvalue weighted by Crippen LogP contribution is 2.28. The van der Waals surface area contributed by atoms with E-state index in [0.29, 0.717) is 23.6 Å². The van der Waals surface area contributed by atoms with Crippen LogP contribution in [-0.4, -0.2) is 47.7 Å². The Morgan fingerprint density at radius 1 is 1.36 bits per heavy atom. The van der Waals surface area contributed by atoms with Gasteiger partial charge in [0.25, 0.3) is 0 Å². The van der Waals surface area contributed by atoms with Gasteiger partial charge in [-0.25, -0.2) is 4.79 Å². The molecule has 136 valence electrons. The molecular formula is C17H24N4O4. The summed E-state index contributed by atoms with van der Waals surface area (Å²) in [5.74, 6) is 1.13. The number of ether oxygens (including phenoxy) is 2. The highest BCUT2D eigenvalue weighted by Gasteiger charge is 2.16. The predicted molar refractivity (Wildman–Crippen MR) is 92.7 cm³/mol. The van der Waals surface area contributed by atoms with Crippen LogP contribution in [0.25, 0.3) is 0 Å². The number of hydrogen-bond donors (Lipinski definition) is 3. The minimum Gasteiger partial charge on any atom is -0.497 e. The first-order valence-electron chi connectivity index (χ1n) is 7.95. The van der Waals surface area contributed by atoms with Crippen LogP contribution in [0.5, 0.6) is 11.5 Å². The number of nitrogens with zero attached hydrogens (tertiary/aromatic N) is 2. The molecule has 8 nitrogen and oxygen atoms in total. The smallest absolute Gasteiger partial charge is 0.315 e. The summed E-state index contributed by atoms with van der Waals surface area (Å²) in [6.07, 6.45) is 2.59. The standard InChI is InChI=1S/C17H24N4O4/c1-12(11-21-8-4-7-19-21)20-17(23)18-10-15(22)14-9-13(24-2)5-6-16(14)25-3/h4-9,12,15,22H,10-11H2,1-3H3,(H2,18,20,23)/t12-,15-/m0/s1. The molecule has 25 heavy (non-hydrogen) atoms. The molecule has 8 heteroatoms. The van der Waals surface area contributed by atoms with Crippen LogP contribution in [0.2, 0.25) is 0 Å². The van der Waals surface area contributed by atoms with Gasteiger partial charge in [0.1, 0.15) is 17.6 Å². The molecule has 0 aliphatic carbocycles. The summed E-state index contributed by atoms with van der Waals surface area (Å²) < 4.78 is 12.1. The van der Waals surface area contributed by atoms with Crippen LogP contribution in [0.4, 0.5) is 4.79 Å². The van der Waals surface area contributed by atoms with Gasteiger partial charge in [-0.1, -0.05) is 0 Å². The maximum Gasteiger partial charge on any atom is 0.315 e. The number of urea groups is 1. The first-order valence-corrected chi connectivity index (χ1v) is 7.95. The van der Waals surface area contributed by atoms with Gasteiger partial charge in [0.15, 0.2) is 0 Å². The molecule has 1 aromatic heterocycles. The first-order chi connectivity index (χ1) is 12.0. The summed E-state index contributed by atoms with van der Waals surface area (Å²) in [4.78, 5) is 12.0. The Morgan fingerprint density at radius 3 is 2.80 bits per heavy atom. The van der Waals surface area contributed by atoms with Gasteiger partial charge < -0.3 is 25.2 Å². The molecule has 0 spiro atoms. The summed E-state index contributed by atoms with van der Waals surface area (Å²) in [6.45, 7) is 2.49. The number of benzene rings is 1. The van der Waals surface area contributed by atoms with Crippen LogP contribution in [-0.2, 0) is 6.54 Å². The van der Waals surface area contributed by atoms with Crippen LogP contribution >= 0.6 is 0 Å². The Morgan fingerprint density at radius 2 is 2.16 bits per heavy atom. The molecule has 0 aliphatic rings. The first kappa shape index (κ1) is 18.6. The molecular weight excluding hydrogens is 324 g/mol. The van der Waals surface area contributed by atoms with E-state index < -0.39 is 6.10 Å². The number of aromatic nitrogens is 2. The van der Waals surface area contributed by atoms with E-state index in [1.807, 2.05) is 19.2 Å². The second-order valence-corrected chi connectivity index (χ2v) is 5.61. The van der Waals surface area contributed by atoms with Crippen molar-refractivity contribution in [1.29, 1.82) is 0 Å². The SMILES string of the molecule is COc1ccc(OC)c([C@@H](O)CNC(=O)N[C@@H](C)Cn2cccn2)c1. The highest BCUT2D eigenvalue weighted by molar-refractivity contribution is 5.74. The third kappa shape index (κ3) is 5.39. The van der Waals surface area contributed by atoms with Crippen molar-refractivity contribution in [3.05, 3.63) is 42.2 Å². The molecule has 1 heterocycles. The van der Waals surface area contributed by atoms with Crippen molar-refractivity contribution in [3.63, 3.8) is 0 Å². The maximum absolute atomic E-state index is 12.0. The topological polar surface area (TPSA) is 97.6 Å². The van der Waals surface area contributed by atoms with Crippen LogP contribution in [0.3, 0.4) is 0 Å². The molecule has 0 saturated heterocycles.